The van der Waals surface area contributed by atoms with Crippen LogP contribution in [0.25, 0.3) is 0 Å². The average Bonchev–Trinajstić information content (AvgIpc) is 1.47. The number of hydrogen-bond donors (Lipinski definition) is 1. The van der Waals surface area contributed by atoms with Crippen molar-refractivity contribution >= 4 is 37.1 Å². The summed E-state index contributed by atoms with van der Waals surface area (Å²) < 4.78 is 76.9. The summed E-state index contributed by atoms with van der Waals surface area (Å²) in [6, 6.07) is 0. The van der Waals surface area contributed by atoms with E-state index in [-0.39, 0.29) is 18.9 Å². The molecular weight excluding hydrogens is 261 g/mol. The molecule has 0 rings (SSSR count). The Balaban J connectivity index is -0.000000187. The molecule has 0 spiro atoms. The number of hydrogen-bond acceptors (Lipinski definition) is 2. The molecule has 0 fully saturated rings. The summed E-state index contributed by atoms with van der Waals surface area (Å²) in [6.07, 6.45) is 0. The fraction of sp³-hybridized carbons (Fsp3) is 1.00. The van der Waals surface area contributed by atoms with Crippen molar-refractivity contribution in [3.05, 3.63) is 0 Å². The minimum absolute atomic E-state index is 0. The van der Waals surface area contributed by atoms with Crippen LogP contribution in [0.3, 0.4) is 0 Å². The average molecular weight is 272 g/mol. The molecule has 92 valence electrons. The predicted molar refractivity (Wildman–Crippen MR) is 50.9 cm³/mol. The molecule has 0 saturated heterocycles. The van der Waals surface area contributed by atoms with Crippen LogP contribution < -0.4 is 0 Å². The van der Waals surface area contributed by atoms with Crippen molar-refractivity contribution in [3.8, 4) is 0 Å². The Morgan fingerprint density at radius 1 is 1.00 bits per heavy atom. The standard InChI is InChI=1S/C4H10O3S.F5P.Li.H/c1-4(2,3)8(5,6)7;1-6(2,3,4)5;;/h1-3H3,(H,5,6,7);;;. The Bertz CT molecular complexity index is 273. The van der Waals surface area contributed by atoms with Crippen LogP contribution in [0, 0.1) is 0 Å². The normalized spacial score (nSPS) is 15.1. The van der Waals surface area contributed by atoms with Gasteiger partial charge in [0.05, 0.1) is 4.75 Å². The van der Waals surface area contributed by atoms with Gasteiger partial charge in [0, 0.05) is 0 Å². The predicted octanol–water partition coefficient (Wildman–Crippen LogP) is 2.99. The zero-order chi connectivity index (χ0) is 12.4. The third-order valence-corrected chi connectivity index (χ3v) is 2.32. The summed E-state index contributed by atoms with van der Waals surface area (Å²) in [5, 5.41) is 0. The summed E-state index contributed by atoms with van der Waals surface area (Å²) in [7, 11) is -12.4. The van der Waals surface area contributed by atoms with Crippen LogP contribution >= 0.6 is 8.16 Å². The van der Waals surface area contributed by atoms with Crippen molar-refractivity contribution in [3.63, 3.8) is 0 Å². The SMILES string of the molecule is CC(C)(C)S(=O)(=O)O.FP(F)(F)(F)F.[LiH]. The number of rotatable bonds is 0. The first-order valence-electron chi connectivity index (χ1n) is 3.07. The second-order valence-corrected chi connectivity index (χ2v) is 6.68. The first kappa shape index (κ1) is 20.9. The molecule has 0 aromatic carbocycles. The third-order valence-electron chi connectivity index (χ3n) is 0.774. The molecule has 15 heavy (non-hydrogen) atoms. The van der Waals surface area contributed by atoms with Crippen LogP contribution in [0.5, 0.6) is 0 Å². The fourth-order valence-corrected chi connectivity index (χ4v) is 0. The molecule has 0 bridgehead atoms. The second-order valence-electron chi connectivity index (χ2n) is 3.23. The van der Waals surface area contributed by atoms with Gasteiger partial charge in [0.1, 0.15) is 0 Å². The van der Waals surface area contributed by atoms with Gasteiger partial charge in [-0.25, -0.2) is 0 Å². The molecule has 0 amide bonds. The second kappa shape index (κ2) is 5.28. The quantitative estimate of drug-likeness (QED) is 0.319. The van der Waals surface area contributed by atoms with E-state index in [9.17, 15) is 29.4 Å². The Labute approximate surface area is 96.9 Å². The van der Waals surface area contributed by atoms with Crippen molar-refractivity contribution in [1.29, 1.82) is 0 Å². The Kier molecular flexibility index (Phi) is 7.37. The summed E-state index contributed by atoms with van der Waals surface area (Å²) in [5.74, 6) is 0. The zero-order valence-corrected chi connectivity index (χ0v) is 9.22. The van der Waals surface area contributed by atoms with Crippen LogP contribution in [0.4, 0.5) is 21.0 Å². The monoisotopic (exact) mass is 272 g/mol. The van der Waals surface area contributed by atoms with Gasteiger partial charge in [-0.15, -0.1) is 0 Å². The molecular formula is C4H11F5LiO3PS. The molecule has 3 nitrogen and oxygen atoms in total. The van der Waals surface area contributed by atoms with Gasteiger partial charge in [0.2, 0.25) is 0 Å². The summed E-state index contributed by atoms with van der Waals surface area (Å²) in [4.78, 5) is 0. The van der Waals surface area contributed by atoms with E-state index < -0.39 is 23.0 Å². The van der Waals surface area contributed by atoms with E-state index >= 15 is 0 Å². The van der Waals surface area contributed by atoms with Crippen LogP contribution in [-0.4, -0.2) is 36.6 Å². The molecule has 0 heterocycles. The molecule has 0 aliphatic heterocycles. The first-order valence-corrected chi connectivity index (χ1v) is 6.20. The molecule has 11 heteroatoms. The molecule has 0 unspecified atom stereocenters. The van der Waals surface area contributed by atoms with E-state index in [4.69, 9.17) is 4.55 Å². The van der Waals surface area contributed by atoms with Gasteiger partial charge in [-0.1, -0.05) is 0 Å². The Hall–Kier alpha value is 0.587. The molecule has 0 radical (unpaired) electrons. The Morgan fingerprint density at radius 3 is 1.07 bits per heavy atom. The van der Waals surface area contributed by atoms with Crippen LogP contribution in [-0.2, 0) is 10.1 Å². The molecule has 0 aromatic heterocycles. The van der Waals surface area contributed by atoms with E-state index in [1.54, 1.807) is 0 Å². The van der Waals surface area contributed by atoms with Crippen molar-refractivity contribution in [1.82, 2.24) is 0 Å². The molecule has 0 aliphatic carbocycles. The van der Waals surface area contributed by atoms with E-state index in [1.165, 1.54) is 20.8 Å². The van der Waals surface area contributed by atoms with Crippen molar-refractivity contribution in [2.75, 3.05) is 0 Å². The van der Waals surface area contributed by atoms with Gasteiger partial charge in [-0.05, 0) is 20.8 Å². The molecule has 0 saturated carbocycles. The zero-order valence-electron chi connectivity index (χ0n) is 7.51. The van der Waals surface area contributed by atoms with E-state index in [2.05, 4.69) is 0 Å². The van der Waals surface area contributed by atoms with Crippen LogP contribution in [0.2, 0.25) is 0 Å². The molecule has 0 aromatic rings. The molecule has 0 aliphatic rings. The van der Waals surface area contributed by atoms with Gasteiger partial charge < -0.3 is 0 Å². The van der Waals surface area contributed by atoms with Gasteiger partial charge in [-0.3, -0.25) is 4.55 Å². The van der Waals surface area contributed by atoms with Crippen molar-refractivity contribution < 1.29 is 34.0 Å². The summed E-state index contributed by atoms with van der Waals surface area (Å²) in [5.41, 5.74) is 0. The van der Waals surface area contributed by atoms with E-state index in [0.29, 0.717) is 0 Å². The summed E-state index contributed by atoms with van der Waals surface area (Å²) >= 11 is 0. The van der Waals surface area contributed by atoms with Gasteiger partial charge >= 0.3 is 48.0 Å². The third kappa shape index (κ3) is 25.1. The van der Waals surface area contributed by atoms with Gasteiger partial charge in [-0.2, -0.15) is 8.42 Å². The van der Waals surface area contributed by atoms with Crippen LogP contribution in [0.1, 0.15) is 20.8 Å². The van der Waals surface area contributed by atoms with Gasteiger partial charge in [0.25, 0.3) is 10.1 Å². The van der Waals surface area contributed by atoms with E-state index in [1.807, 2.05) is 0 Å². The van der Waals surface area contributed by atoms with E-state index in [0.717, 1.165) is 0 Å². The maximum atomic E-state index is 10.2. The van der Waals surface area contributed by atoms with Crippen molar-refractivity contribution in [2.24, 2.45) is 0 Å². The van der Waals surface area contributed by atoms with Gasteiger partial charge in [0.15, 0.2) is 0 Å². The number of halogens is 5. The van der Waals surface area contributed by atoms with Crippen LogP contribution in [0.15, 0.2) is 0 Å². The Morgan fingerprint density at radius 2 is 1.07 bits per heavy atom. The minimum atomic E-state index is -8.55. The summed E-state index contributed by atoms with van der Waals surface area (Å²) in [6.45, 7) is 4.30. The molecule has 0 atom stereocenters. The first-order chi connectivity index (χ1) is 5.49. The van der Waals surface area contributed by atoms with Crippen molar-refractivity contribution in [2.45, 2.75) is 25.5 Å². The maximum absolute atomic E-state index is 10.2. The fourth-order valence-electron chi connectivity index (χ4n) is 0. The molecule has 1 N–H and O–H groups in total. The topological polar surface area (TPSA) is 54.4 Å².